The molecule has 0 aromatic heterocycles. The first-order chi connectivity index (χ1) is 24.3. The molecule has 0 fully saturated rings. The number of alkyl carbamates (subject to hydrolysis) is 1. The van der Waals surface area contributed by atoms with Crippen LogP contribution in [0.4, 0.5) is 4.79 Å². The molecule has 10 heteroatoms. The summed E-state index contributed by atoms with van der Waals surface area (Å²) in [5.41, 5.74) is 6.52. The van der Waals surface area contributed by atoms with Gasteiger partial charge in [-0.3, -0.25) is 9.59 Å². The van der Waals surface area contributed by atoms with Crippen LogP contribution in [0.5, 0.6) is 0 Å². The second-order valence-electron chi connectivity index (χ2n) is 12.6. The van der Waals surface area contributed by atoms with Crippen LogP contribution >= 0.6 is 0 Å². The molecule has 10 nitrogen and oxygen atoms in total. The van der Waals surface area contributed by atoms with Crippen LogP contribution in [0.3, 0.4) is 0 Å². The van der Waals surface area contributed by atoms with Gasteiger partial charge in [0, 0.05) is 18.9 Å². The van der Waals surface area contributed by atoms with Crippen LogP contribution in [0.2, 0.25) is 0 Å². The van der Waals surface area contributed by atoms with Gasteiger partial charge in [0.1, 0.15) is 19.3 Å². The average molecular weight is 680 g/mol. The number of allylic oxidation sites excluding steroid dienone is 2. The molecule has 3 atom stereocenters. The van der Waals surface area contributed by atoms with Gasteiger partial charge in [0.25, 0.3) is 0 Å². The zero-order chi connectivity index (χ0) is 35.5. The molecule has 5 rings (SSSR count). The fraction of sp³-hybridized carbons (Fsp3) is 0.350. The normalized spacial score (nSPS) is 15.8. The number of hydrogen-bond acceptors (Lipinski definition) is 7. The third-order valence-electron chi connectivity index (χ3n) is 9.35. The zero-order valence-electron chi connectivity index (χ0n) is 28.2. The van der Waals surface area contributed by atoms with Crippen molar-refractivity contribution in [1.29, 1.82) is 0 Å². The van der Waals surface area contributed by atoms with Crippen molar-refractivity contribution in [2.45, 2.75) is 56.7 Å². The molecular weight excluding hydrogens is 634 g/mol. The van der Waals surface area contributed by atoms with E-state index < -0.39 is 24.0 Å². The van der Waals surface area contributed by atoms with E-state index in [1.165, 1.54) is 0 Å². The quantitative estimate of drug-likeness (QED) is 0.110. The van der Waals surface area contributed by atoms with Crippen molar-refractivity contribution < 1.29 is 33.8 Å². The number of rotatable bonds is 16. The van der Waals surface area contributed by atoms with Crippen molar-refractivity contribution >= 4 is 23.9 Å². The standard InChI is InChI=1S/C40H45N3O7/c1-3-5-19-36(42-40(48)50-26-35-33-17-10-8-15-31(33)32-16-9-11-18-34(32)35)39(47)49-21-20-41-38(46)28(12-4-2)23-37(45)43-24-29-14-7-6-13-27(29)22-30(43)25-44/h3-4,6-11,13-18,28,30,35-36,44H,1-2,5,12,19-26H2,(H,41,46)(H,42,48). The maximum atomic E-state index is 13.3. The van der Waals surface area contributed by atoms with Crippen molar-refractivity contribution in [3.8, 4) is 11.1 Å². The van der Waals surface area contributed by atoms with E-state index in [0.717, 1.165) is 33.4 Å². The Kier molecular flexibility index (Phi) is 12.6. The van der Waals surface area contributed by atoms with Crippen molar-refractivity contribution in [3.05, 3.63) is 120 Å². The van der Waals surface area contributed by atoms with Gasteiger partial charge < -0.3 is 30.1 Å². The van der Waals surface area contributed by atoms with Crippen molar-refractivity contribution in [1.82, 2.24) is 15.5 Å². The summed E-state index contributed by atoms with van der Waals surface area (Å²) in [7, 11) is 0. The lowest BCUT2D eigenvalue weighted by Gasteiger charge is -2.36. The lowest BCUT2D eigenvalue weighted by Crippen LogP contribution is -2.47. The highest BCUT2D eigenvalue weighted by Crippen LogP contribution is 2.44. The molecule has 1 aliphatic carbocycles. The predicted molar refractivity (Wildman–Crippen MR) is 190 cm³/mol. The van der Waals surface area contributed by atoms with E-state index in [2.05, 4.69) is 35.9 Å². The molecule has 3 aromatic carbocycles. The van der Waals surface area contributed by atoms with Gasteiger partial charge in [0.05, 0.1) is 25.1 Å². The van der Waals surface area contributed by atoms with Crippen LogP contribution < -0.4 is 10.6 Å². The first-order valence-electron chi connectivity index (χ1n) is 17.1. The summed E-state index contributed by atoms with van der Waals surface area (Å²) in [6.45, 7) is 7.63. The smallest absolute Gasteiger partial charge is 0.407 e. The molecular formula is C40H45N3O7. The number of amides is 3. The number of aliphatic hydroxyl groups is 1. The summed E-state index contributed by atoms with van der Waals surface area (Å²) in [4.78, 5) is 54.0. The number of carbonyl (C=O) groups is 4. The number of benzene rings is 3. The number of nitrogens with zero attached hydrogens (tertiary/aromatic N) is 1. The SMILES string of the molecule is C=CCCC(NC(=O)OCC1c2ccccc2-c2ccccc21)C(=O)OCCNC(=O)C(CC=C)CC(=O)N1Cc2ccccc2CC1CO. The molecule has 0 spiro atoms. The van der Waals surface area contributed by atoms with E-state index in [9.17, 15) is 24.3 Å². The van der Waals surface area contributed by atoms with E-state index in [-0.39, 0.29) is 69.4 Å². The van der Waals surface area contributed by atoms with Gasteiger partial charge in [0.2, 0.25) is 11.8 Å². The molecule has 0 radical (unpaired) electrons. The van der Waals surface area contributed by atoms with E-state index in [1.54, 1.807) is 17.1 Å². The Bertz CT molecular complexity index is 1660. The van der Waals surface area contributed by atoms with Crippen LogP contribution in [0.1, 0.15) is 53.9 Å². The molecule has 0 saturated heterocycles. The molecule has 3 amide bonds. The molecule has 2 aliphatic rings. The van der Waals surface area contributed by atoms with Crippen molar-refractivity contribution in [3.63, 3.8) is 0 Å². The number of aliphatic hydroxyl groups excluding tert-OH is 1. The number of nitrogens with one attached hydrogen (secondary N) is 2. The maximum absolute atomic E-state index is 13.3. The Labute approximate surface area is 293 Å². The number of carbonyl (C=O) groups excluding carboxylic acids is 4. The summed E-state index contributed by atoms with van der Waals surface area (Å²) in [6, 6.07) is 22.5. The summed E-state index contributed by atoms with van der Waals surface area (Å²) < 4.78 is 11.0. The van der Waals surface area contributed by atoms with Gasteiger partial charge >= 0.3 is 12.1 Å². The highest BCUT2D eigenvalue weighted by atomic mass is 16.6. The summed E-state index contributed by atoms with van der Waals surface area (Å²) in [6.07, 6.45) is 3.99. The second-order valence-corrected chi connectivity index (χ2v) is 12.6. The van der Waals surface area contributed by atoms with Gasteiger partial charge in [-0.15, -0.1) is 13.2 Å². The third-order valence-corrected chi connectivity index (χ3v) is 9.35. The van der Waals surface area contributed by atoms with E-state index >= 15 is 0 Å². The van der Waals surface area contributed by atoms with Gasteiger partial charge in [-0.1, -0.05) is 84.9 Å². The molecule has 0 saturated carbocycles. The van der Waals surface area contributed by atoms with Crippen LogP contribution in [0.25, 0.3) is 11.1 Å². The van der Waals surface area contributed by atoms with Crippen molar-refractivity contribution in [2.75, 3.05) is 26.4 Å². The molecule has 3 aromatic rings. The number of hydrogen-bond donors (Lipinski definition) is 3. The lowest BCUT2D eigenvalue weighted by molar-refractivity contribution is -0.146. The molecule has 1 aliphatic heterocycles. The minimum absolute atomic E-state index is 0.0158. The van der Waals surface area contributed by atoms with E-state index in [4.69, 9.17) is 9.47 Å². The first kappa shape index (κ1) is 36.1. The molecule has 50 heavy (non-hydrogen) atoms. The molecule has 3 N–H and O–H groups in total. The molecule has 3 unspecified atom stereocenters. The van der Waals surface area contributed by atoms with Crippen LogP contribution in [-0.2, 0) is 36.8 Å². The van der Waals surface area contributed by atoms with Gasteiger partial charge in [0.15, 0.2) is 0 Å². The Morgan fingerprint density at radius 3 is 2.22 bits per heavy atom. The van der Waals surface area contributed by atoms with Crippen LogP contribution in [-0.4, -0.2) is 72.3 Å². The third kappa shape index (κ3) is 8.67. The zero-order valence-corrected chi connectivity index (χ0v) is 28.2. The predicted octanol–water partition coefficient (Wildman–Crippen LogP) is 5.05. The summed E-state index contributed by atoms with van der Waals surface area (Å²) >= 11 is 0. The number of ether oxygens (including phenoxy) is 2. The average Bonchev–Trinajstić information content (AvgIpc) is 3.46. The maximum Gasteiger partial charge on any atom is 0.407 e. The fourth-order valence-electron chi connectivity index (χ4n) is 6.74. The van der Waals surface area contributed by atoms with Gasteiger partial charge in [-0.25, -0.2) is 9.59 Å². The van der Waals surface area contributed by atoms with Crippen LogP contribution in [0.15, 0.2) is 98.1 Å². The summed E-state index contributed by atoms with van der Waals surface area (Å²) in [5.74, 6) is -2.05. The Morgan fingerprint density at radius 1 is 0.900 bits per heavy atom. The largest absolute Gasteiger partial charge is 0.462 e. The van der Waals surface area contributed by atoms with E-state index in [1.807, 2.05) is 60.7 Å². The highest BCUT2D eigenvalue weighted by Gasteiger charge is 2.32. The van der Waals surface area contributed by atoms with Crippen molar-refractivity contribution in [2.24, 2.45) is 5.92 Å². The lowest BCUT2D eigenvalue weighted by atomic mass is 9.92. The Balaban J connectivity index is 1.09. The molecule has 262 valence electrons. The highest BCUT2D eigenvalue weighted by molar-refractivity contribution is 5.86. The minimum atomic E-state index is -0.973. The number of fused-ring (bicyclic) bond motifs is 4. The minimum Gasteiger partial charge on any atom is -0.462 e. The van der Waals surface area contributed by atoms with Gasteiger partial charge in [-0.2, -0.15) is 0 Å². The number of esters is 1. The molecule has 0 bridgehead atoms. The second kappa shape index (κ2) is 17.4. The fourth-order valence-corrected chi connectivity index (χ4v) is 6.74. The monoisotopic (exact) mass is 679 g/mol. The molecule has 1 heterocycles. The Hall–Kier alpha value is -5.22. The Morgan fingerprint density at radius 2 is 1.56 bits per heavy atom. The van der Waals surface area contributed by atoms with Gasteiger partial charge in [-0.05, 0) is 59.1 Å². The van der Waals surface area contributed by atoms with Crippen LogP contribution in [0, 0.1) is 5.92 Å². The summed E-state index contributed by atoms with van der Waals surface area (Å²) in [5, 5.41) is 15.4. The topological polar surface area (TPSA) is 134 Å². The first-order valence-corrected chi connectivity index (χ1v) is 17.1. The van der Waals surface area contributed by atoms with E-state index in [0.29, 0.717) is 19.4 Å².